The molecule has 0 saturated heterocycles. The highest BCUT2D eigenvalue weighted by Crippen LogP contribution is 2.35. The van der Waals surface area contributed by atoms with E-state index in [4.69, 9.17) is 9.47 Å². The zero-order valence-electron chi connectivity index (χ0n) is 17.2. The SMILES string of the molecule is COc1cc(C2CC(=O)Nc3ncnn32)ccc1OCC(=O)Nc1cccc(C(F)(F)F)c1. The molecule has 0 bridgehead atoms. The number of aromatic nitrogens is 3. The van der Waals surface area contributed by atoms with Gasteiger partial charge < -0.3 is 14.8 Å². The zero-order valence-corrected chi connectivity index (χ0v) is 17.2. The Kier molecular flexibility index (Phi) is 5.90. The van der Waals surface area contributed by atoms with Crippen molar-refractivity contribution in [3.8, 4) is 11.5 Å². The second-order valence-corrected chi connectivity index (χ2v) is 7.12. The summed E-state index contributed by atoms with van der Waals surface area (Å²) in [5.74, 6) is 0.0519. The van der Waals surface area contributed by atoms with Crippen molar-refractivity contribution in [1.29, 1.82) is 0 Å². The summed E-state index contributed by atoms with van der Waals surface area (Å²) in [6.45, 7) is -0.453. The van der Waals surface area contributed by atoms with E-state index >= 15 is 0 Å². The summed E-state index contributed by atoms with van der Waals surface area (Å²) >= 11 is 0. The number of methoxy groups -OCH3 is 1. The summed E-state index contributed by atoms with van der Waals surface area (Å²) in [6, 6.07) is 8.85. The van der Waals surface area contributed by atoms with Crippen LogP contribution in [0.1, 0.15) is 23.6 Å². The van der Waals surface area contributed by atoms with Gasteiger partial charge in [0.15, 0.2) is 18.1 Å². The van der Waals surface area contributed by atoms with Crippen molar-refractivity contribution in [3.05, 3.63) is 59.9 Å². The Morgan fingerprint density at radius 2 is 2.06 bits per heavy atom. The van der Waals surface area contributed by atoms with Crippen LogP contribution < -0.4 is 20.1 Å². The van der Waals surface area contributed by atoms with E-state index in [1.54, 1.807) is 22.9 Å². The Labute approximate surface area is 185 Å². The van der Waals surface area contributed by atoms with Crippen LogP contribution in [0, 0.1) is 0 Å². The Bertz CT molecular complexity index is 1190. The number of alkyl halides is 3. The van der Waals surface area contributed by atoms with Gasteiger partial charge in [-0.2, -0.15) is 23.3 Å². The maximum atomic E-state index is 12.8. The molecule has 0 saturated carbocycles. The van der Waals surface area contributed by atoms with Crippen LogP contribution in [0.25, 0.3) is 0 Å². The van der Waals surface area contributed by atoms with Crippen molar-refractivity contribution in [1.82, 2.24) is 14.8 Å². The maximum absolute atomic E-state index is 12.8. The molecular weight excluding hydrogens is 443 g/mol. The van der Waals surface area contributed by atoms with Crippen molar-refractivity contribution >= 4 is 23.5 Å². The molecule has 4 rings (SSSR count). The van der Waals surface area contributed by atoms with Gasteiger partial charge in [0.25, 0.3) is 5.91 Å². The van der Waals surface area contributed by atoms with Gasteiger partial charge in [-0.3, -0.25) is 14.9 Å². The second kappa shape index (κ2) is 8.81. The number of nitrogens with one attached hydrogen (secondary N) is 2. The molecular formula is C21H18F3N5O4. The second-order valence-electron chi connectivity index (χ2n) is 7.12. The molecule has 0 fully saturated rings. The van der Waals surface area contributed by atoms with Crippen LogP contribution in [-0.2, 0) is 15.8 Å². The molecule has 2 amide bonds. The fourth-order valence-electron chi connectivity index (χ4n) is 3.39. The van der Waals surface area contributed by atoms with Crippen LogP contribution >= 0.6 is 0 Å². The number of nitrogens with zero attached hydrogens (tertiary/aromatic N) is 3. The number of fused-ring (bicyclic) bond motifs is 1. The standard InChI is InChI=1S/C21H18F3N5O4/c1-32-17-7-12(15-9-18(30)28-20-25-11-26-29(15)20)5-6-16(17)33-10-19(31)27-14-4-2-3-13(8-14)21(22,23)24/h2-8,11,15H,9-10H2,1H3,(H,27,31)(H,25,26,28,30). The summed E-state index contributed by atoms with van der Waals surface area (Å²) < 4.78 is 50.9. The van der Waals surface area contributed by atoms with Crippen molar-refractivity contribution in [3.63, 3.8) is 0 Å². The third kappa shape index (κ3) is 4.89. The monoisotopic (exact) mass is 461 g/mol. The Morgan fingerprint density at radius 1 is 1.24 bits per heavy atom. The average molecular weight is 461 g/mol. The molecule has 2 aromatic carbocycles. The number of amides is 2. The van der Waals surface area contributed by atoms with E-state index in [0.29, 0.717) is 17.3 Å². The zero-order chi connectivity index (χ0) is 23.6. The first kappa shape index (κ1) is 22.1. The van der Waals surface area contributed by atoms with Gasteiger partial charge in [0.05, 0.1) is 25.1 Å². The molecule has 1 aromatic heterocycles. The van der Waals surface area contributed by atoms with E-state index in [0.717, 1.165) is 12.1 Å². The van der Waals surface area contributed by atoms with E-state index in [-0.39, 0.29) is 23.8 Å². The molecule has 1 aliphatic rings. The lowest BCUT2D eigenvalue weighted by Gasteiger charge is -2.24. The minimum Gasteiger partial charge on any atom is -0.493 e. The van der Waals surface area contributed by atoms with Crippen LogP contribution in [-0.4, -0.2) is 40.3 Å². The van der Waals surface area contributed by atoms with Gasteiger partial charge >= 0.3 is 6.18 Å². The number of carbonyl (C=O) groups excluding carboxylic acids is 2. The smallest absolute Gasteiger partial charge is 0.416 e. The van der Waals surface area contributed by atoms with Gasteiger partial charge in [-0.05, 0) is 35.9 Å². The molecule has 1 atom stereocenters. The number of benzene rings is 2. The van der Waals surface area contributed by atoms with E-state index in [2.05, 4.69) is 20.7 Å². The molecule has 0 spiro atoms. The molecule has 33 heavy (non-hydrogen) atoms. The highest BCUT2D eigenvalue weighted by Gasteiger charge is 2.31. The lowest BCUT2D eigenvalue weighted by Crippen LogP contribution is -2.29. The molecule has 1 unspecified atom stereocenters. The van der Waals surface area contributed by atoms with Crippen LogP contribution in [0.4, 0.5) is 24.8 Å². The predicted octanol–water partition coefficient (Wildman–Crippen LogP) is 3.25. The highest BCUT2D eigenvalue weighted by atomic mass is 19.4. The number of hydrogen-bond donors (Lipinski definition) is 2. The third-order valence-electron chi connectivity index (χ3n) is 4.90. The summed E-state index contributed by atoms with van der Waals surface area (Å²) in [5, 5.41) is 9.15. The Hall–Kier alpha value is -4.09. The quantitative estimate of drug-likeness (QED) is 0.584. The largest absolute Gasteiger partial charge is 0.493 e. The molecule has 2 heterocycles. The molecule has 172 valence electrons. The number of ether oxygens (including phenoxy) is 2. The first-order valence-electron chi connectivity index (χ1n) is 9.72. The van der Waals surface area contributed by atoms with Crippen LogP contribution in [0.5, 0.6) is 11.5 Å². The summed E-state index contributed by atoms with van der Waals surface area (Å²) in [4.78, 5) is 28.2. The van der Waals surface area contributed by atoms with Gasteiger partial charge in [0, 0.05) is 5.69 Å². The van der Waals surface area contributed by atoms with E-state index in [1.165, 1.54) is 25.6 Å². The van der Waals surface area contributed by atoms with Gasteiger partial charge in [-0.15, -0.1) is 0 Å². The first-order valence-corrected chi connectivity index (χ1v) is 9.72. The molecule has 0 radical (unpaired) electrons. The van der Waals surface area contributed by atoms with Gasteiger partial charge in [-0.25, -0.2) is 4.68 Å². The Morgan fingerprint density at radius 3 is 2.82 bits per heavy atom. The number of carbonyl (C=O) groups is 2. The fraction of sp³-hybridized carbons (Fsp3) is 0.238. The average Bonchev–Trinajstić information content (AvgIpc) is 3.25. The lowest BCUT2D eigenvalue weighted by molar-refractivity contribution is -0.137. The fourth-order valence-corrected chi connectivity index (χ4v) is 3.39. The summed E-state index contributed by atoms with van der Waals surface area (Å²) in [5.41, 5.74) is -0.153. The van der Waals surface area contributed by atoms with Gasteiger partial charge in [0.2, 0.25) is 11.9 Å². The lowest BCUT2D eigenvalue weighted by atomic mass is 10.0. The summed E-state index contributed by atoms with van der Waals surface area (Å²) in [6.07, 6.45) is -3.02. The van der Waals surface area contributed by atoms with E-state index in [1.807, 2.05) is 0 Å². The number of anilines is 2. The van der Waals surface area contributed by atoms with Crippen LogP contribution in [0.3, 0.4) is 0 Å². The van der Waals surface area contributed by atoms with E-state index < -0.39 is 30.3 Å². The van der Waals surface area contributed by atoms with Crippen LogP contribution in [0.2, 0.25) is 0 Å². The van der Waals surface area contributed by atoms with Gasteiger partial charge in [-0.1, -0.05) is 12.1 Å². The van der Waals surface area contributed by atoms with Crippen molar-refractivity contribution in [2.45, 2.75) is 18.6 Å². The number of rotatable bonds is 6. The molecule has 9 nitrogen and oxygen atoms in total. The topological polar surface area (TPSA) is 107 Å². The van der Waals surface area contributed by atoms with Crippen molar-refractivity contribution < 1.29 is 32.2 Å². The first-order chi connectivity index (χ1) is 15.7. The normalized spacial score (nSPS) is 15.4. The summed E-state index contributed by atoms with van der Waals surface area (Å²) in [7, 11) is 1.42. The molecule has 0 aliphatic carbocycles. The highest BCUT2D eigenvalue weighted by molar-refractivity contribution is 5.92. The van der Waals surface area contributed by atoms with Crippen LogP contribution in [0.15, 0.2) is 48.8 Å². The maximum Gasteiger partial charge on any atom is 0.416 e. The third-order valence-corrected chi connectivity index (χ3v) is 4.90. The number of hydrogen-bond acceptors (Lipinski definition) is 6. The molecule has 1 aliphatic heterocycles. The van der Waals surface area contributed by atoms with E-state index in [9.17, 15) is 22.8 Å². The minimum absolute atomic E-state index is 0.0000469. The van der Waals surface area contributed by atoms with Gasteiger partial charge in [0.1, 0.15) is 6.33 Å². The molecule has 3 aromatic rings. The molecule has 12 heteroatoms. The molecule has 2 N–H and O–H groups in total. The Balaban J connectivity index is 1.44. The van der Waals surface area contributed by atoms with Crippen molar-refractivity contribution in [2.24, 2.45) is 0 Å². The predicted molar refractivity (Wildman–Crippen MR) is 110 cm³/mol. The minimum atomic E-state index is -4.52. The van der Waals surface area contributed by atoms with Crippen molar-refractivity contribution in [2.75, 3.05) is 24.4 Å². The number of halogens is 3.